The predicted molar refractivity (Wildman–Crippen MR) is 112 cm³/mol. The largest absolute Gasteiger partial charge is 0.381 e. The van der Waals surface area contributed by atoms with Crippen molar-refractivity contribution in [3.05, 3.63) is 53.6 Å². The Labute approximate surface area is 166 Å². The smallest absolute Gasteiger partial charge is 0.251 e. The van der Waals surface area contributed by atoms with Crippen molar-refractivity contribution in [1.29, 1.82) is 0 Å². The molecule has 1 amide bonds. The third-order valence-corrected chi connectivity index (χ3v) is 5.59. The Bertz CT molecular complexity index is 902. The number of nitrogens with zero attached hydrogens (tertiary/aromatic N) is 1. The molecule has 2 aliphatic rings. The maximum absolute atomic E-state index is 12.4. The number of nitrogens with one attached hydrogen (secondary N) is 1. The highest BCUT2D eigenvalue weighted by Gasteiger charge is 2.18. The molecule has 28 heavy (non-hydrogen) atoms. The van der Waals surface area contributed by atoms with Gasteiger partial charge in [-0.15, -0.1) is 0 Å². The van der Waals surface area contributed by atoms with Crippen LogP contribution in [-0.4, -0.2) is 32.2 Å². The van der Waals surface area contributed by atoms with E-state index >= 15 is 0 Å². The Morgan fingerprint density at radius 2 is 1.89 bits per heavy atom. The highest BCUT2D eigenvalue weighted by molar-refractivity contribution is 5.94. The number of carbonyl (C=O) groups excluding carboxylic acids is 1. The van der Waals surface area contributed by atoms with Crippen LogP contribution in [-0.2, 0) is 11.2 Å². The molecule has 2 aromatic rings. The molecule has 0 unspecified atom stereocenters. The third-order valence-electron chi connectivity index (χ3n) is 5.59. The van der Waals surface area contributed by atoms with Crippen LogP contribution in [0.4, 0.5) is 5.69 Å². The van der Waals surface area contributed by atoms with E-state index in [1.807, 2.05) is 31.2 Å². The van der Waals surface area contributed by atoms with E-state index < -0.39 is 0 Å². The van der Waals surface area contributed by atoms with Gasteiger partial charge in [0.15, 0.2) is 0 Å². The van der Waals surface area contributed by atoms with Crippen molar-refractivity contribution in [3.8, 4) is 23.1 Å². The lowest BCUT2D eigenvalue weighted by molar-refractivity contribution is 0.0642. The zero-order chi connectivity index (χ0) is 19.3. The molecule has 0 radical (unpaired) electrons. The molecule has 0 spiro atoms. The first-order valence-corrected chi connectivity index (χ1v) is 10.0. The van der Waals surface area contributed by atoms with Gasteiger partial charge in [-0.25, -0.2) is 0 Å². The Kier molecular flexibility index (Phi) is 5.64. The van der Waals surface area contributed by atoms with Gasteiger partial charge in [-0.1, -0.05) is 24.1 Å². The summed E-state index contributed by atoms with van der Waals surface area (Å²) in [5.74, 6) is 3.51. The zero-order valence-electron chi connectivity index (χ0n) is 16.3. The van der Waals surface area contributed by atoms with Crippen molar-refractivity contribution >= 4 is 11.6 Å². The average molecular weight is 374 g/mol. The van der Waals surface area contributed by atoms with E-state index in [0.717, 1.165) is 51.1 Å². The molecule has 2 heterocycles. The molecule has 0 saturated carbocycles. The average Bonchev–Trinajstić information content (AvgIpc) is 3.15. The number of amides is 1. The fourth-order valence-corrected chi connectivity index (χ4v) is 3.94. The lowest BCUT2D eigenvalue weighted by atomic mass is 9.99. The van der Waals surface area contributed by atoms with Crippen LogP contribution < -0.4 is 10.2 Å². The molecule has 0 aromatic heterocycles. The number of fused-ring (bicyclic) bond motifs is 1. The summed E-state index contributed by atoms with van der Waals surface area (Å²) in [6.45, 7) is 5.16. The number of anilines is 1. The van der Waals surface area contributed by atoms with E-state index in [4.69, 9.17) is 4.74 Å². The summed E-state index contributed by atoms with van der Waals surface area (Å²) in [5, 5.41) is 3.07. The van der Waals surface area contributed by atoms with Crippen LogP contribution in [0.15, 0.2) is 42.5 Å². The fraction of sp³-hybridized carbons (Fsp3) is 0.375. The van der Waals surface area contributed by atoms with Crippen LogP contribution in [0.3, 0.4) is 0 Å². The number of hydrogen-bond acceptors (Lipinski definition) is 3. The third kappa shape index (κ3) is 4.05. The first-order valence-electron chi connectivity index (χ1n) is 10.0. The van der Waals surface area contributed by atoms with Gasteiger partial charge in [0.25, 0.3) is 5.91 Å². The number of ether oxygens (including phenoxy) is 1. The summed E-state index contributed by atoms with van der Waals surface area (Å²) < 4.78 is 5.37. The normalized spacial score (nSPS) is 16.2. The number of carbonyl (C=O) groups is 1. The molecule has 0 aliphatic carbocycles. The van der Waals surface area contributed by atoms with E-state index in [2.05, 4.69) is 40.4 Å². The van der Waals surface area contributed by atoms with Gasteiger partial charge in [-0.05, 0) is 73.1 Å². The summed E-state index contributed by atoms with van der Waals surface area (Å²) >= 11 is 0. The zero-order valence-corrected chi connectivity index (χ0v) is 16.3. The summed E-state index contributed by atoms with van der Waals surface area (Å²) in [6, 6.07) is 17.6. The highest BCUT2D eigenvalue weighted by atomic mass is 16.5. The van der Waals surface area contributed by atoms with Gasteiger partial charge in [0.2, 0.25) is 0 Å². The first-order chi connectivity index (χ1) is 13.7. The fourth-order valence-electron chi connectivity index (χ4n) is 3.94. The Balaban J connectivity index is 1.41. The van der Waals surface area contributed by atoms with E-state index in [0.29, 0.717) is 11.5 Å². The van der Waals surface area contributed by atoms with Crippen molar-refractivity contribution in [2.24, 2.45) is 5.92 Å². The molecule has 1 saturated heterocycles. The van der Waals surface area contributed by atoms with E-state index in [-0.39, 0.29) is 5.91 Å². The summed E-state index contributed by atoms with van der Waals surface area (Å²) in [6.07, 6.45) is 3.07. The second-order valence-electron chi connectivity index (χ2n) is 7.45. The second-order valence-corrected chi connectivity index (χ2v) is 7.45. The van der Waals surface area contributed by atoms with Crippen molar-refractivity contribution in [3.63, 3.8) is 0 Å². The molecule has 2 aromatic carbocycles. The SMILES string of the molecule is CC#CN1CCc2cc(-c3ccc(C(=O)NCC4CCOCC4)cc3)ccc21. The minimum absolute atomic E-state index is 0.000719. The molecule has 0 atom stereocenters. The van der Waals surface area contributed by atoms with Crippen LogP contribution in [0.5, 0.6) is 0 Å². The van der Waals surface area contributed by atoms with Crippen LogP contribution in [0.2, 0.25) is 0 Å². The Morgan fingerprint density at radius 3 is 2.64 bits per heavy atom. The van der Waals surface area contributed by atoms with E-state index in [1.54, 1.807) is 0 Å². The van der Waals surface area contributed by atoms with Gasteiger partial charge in [0.1, 0.15) is 0 Å². The van der Waals surface area contributed by atoms with Crippen LogP contribution in [0, 0.1) is 17.9 Å². The highest BCUT2D eigenvalue weighted by Crippen LogP contribution is 2.32. The van der Waals surface area contributed by atoms with Gasteiger partial charge in [0, 0.05) is 37.9 Å². The van der Waals surface area contributed by atoms with E-state index in [1.165, 1.54) is 16.8 Å². The van der Waals surface area contributed by atoms with Crippen LogP contribution in [0.25, 0.3) is 11.1 Å². The van der Waals surface area contributed by atoms with Crippen LogP contribution in [0.1, 0.15) is 35.7 Å². The monoisotopic (exact) mass is 374 g/mol. The second kappa shape index (κ2) is 8.50. The van der Waals surface area contributed by atoms with Gasteiger partial charge < -0.3 is 15.0 Å². The molecule has 4 rings (SSSR count). The summed E-state index contributed by atoms with van der Waals surface area (Å²) in [4.78, 5) is 14.5. The lowest BCUT2D eigenvalue weighted by Gasteiger charge is -2.22. The molecule has 0 bridgehead atoms. The molecule has 144 valence electrons. The molecule has 2 aliphatic heterocycles. The van der Waals surface area contributed by atoms with Crippen molar-refractivity contribution in [2.75, 3.05) is 31.2 Å². The van der Waals surface area contributed by atoms with Crippen molar-refractivity contribution in [1.82, 2.24) is 5.32 Å². The van der Waals surface area contributed by atoms with Gasteiger partial charge in [-0.2, -0.15) is 0 Å². The maximum Gasteiger partial charge on any atom is 0.251 e. The molecule has 1 N–H and O–H groups in total. The standard InChI is InChI=1S/C24H26N2O2/c1-2-12-26-13-9-22-16-21(7-8-23(22)26)19-3-5-20(6-4-19)24(27)25-17-18-10-14-28-15-11-18/h3-8,16,18H,9-11,13-15,17H2,1H3,(H,25,27). The first kappa shape index (κ1) is 18.6. The quantitative estimate of drug-likeness (QED) is 0.827. The molecular formula is C24H26N2O2. The van der Waals surface area contributed by atoms with Crippen LogP contribution >= 0.6 is 0 Å². The molecular weight excluding hydrogens is 348 g/mol. The Morgan fingerprint density at radius 1 is 1.14 bits per heavy atom. The summed E-state index contributed by atoms with van der Waals surface area (Å²) in [5.41, 5.74) is 5.56. The lowest BCUT2D eigenvalue weighted by Crippen LogP contribution is -2.32. The number of rotatable bonds is 4. The van der Waals surface area contributed by atoms with Gasteiger partial charge >= 0.3 is 0 Å². The van der Waals surface area contributed by atoms with Crippen molar-refractivity contribution in [2.45, 2.75) is 26.2 Å². The minimum Gasteiger partial charge on any atom is -0.381 e. The maximum atomic E-state index is 12.4. The number of benzene rings is 2. The molecule has 4 heteroatoms. The Hall–Kier alpha value is -2.77. The summed E-state index contributed by atoms with van der Waals surface area (Å²) in [7, 11) is 0. The predicted octanol–water partition coefficient (Wildman–Crippen LogP) is 3.85. The van der Waals surface area contributed by atoms with Gasteiger partial charge in [-0.3, -0.25) is 4.79 Å². The minimum atomic E-state index is 0.000719. The topological polar surface area (TPSA) is 41.6 Å². The number of hydrogen-bond donors (Lipinski definition) is 1. The van der Waals surface area contributed by atoms with Crippen molar-refractivity contribution < 1.29 is 9.53 Å². The molecule has 1 fully saturated rings. The molecule has 4 nitrogen and oxygen atoms in total. The van der Waals surface area contributed by atoms with E-state index in [9.17, 15) is 4.79 Å². The van der Waals surface area contributed by atoms with Gasteiger partial charge in [0.05, 0.1) is 5.69 Å².